The average Bonchev–Trinajstić information content (AvgIpc) is 1.88. The average molecular weight is 154 g/mol. The first-order chi connectivity index (χ1) is 5.13. The predicted molar refractivity (Wildman–Crippen MR) is 46.6 cm³/mol. The lowest BCUT2D eigenvalue weighted by Crippen LogP contribution is -2.07. The number of hydrogen-bond donors (Lipinski definition) is 1. The molecule has 0 spiro atoms. The molecule has 0 rings (SSSR count). The number of rotatable bonds is 3. The van der Waals surface area contributed by atoms with Crippen molar-refractivity contribution in [1.82, 2.24) is 0 Å². The predicted octanol–water partition coefficient (Wildman–Crippen LogP) is 0.899. The molecule has 0 radical (unpaired) electrons. The summed E-state index contributed by atoms with van der Waals surface area (Å²) >= 11 is 0. The fourth-order valence-corrected chi connectivity index (χ4v) is 0.786. The van der Waals surface area contributed by atoms with Crippen LogP contribution in [0.1, 0.15) is 20.8 Å². The number of aliphatic imine (C=N–C) groups is 1. The Balaban J connectivity index is 4.67. The van der Waals surface area contributed by atoms with E-state index in [1.807, 2.05) is 6.92 Å². The zero-order valence-corrected chi connectivity index (χ0v) is 7.22. The van der Waals surface area contributed by atoms with Crippen molar-refractivity contribution in [3.63, 3.8) is 0 Å². The summed E-state index contributed by atoms with van der Waals surface area (Å²) in [5, 5.41) is 0. The SMILES string of the molecule is CCN=C(C)C(C=O)=C(C)N. The van der Waals surface area contributed by atoms with Crippen LogP contribution >= 0.6 is 0 Å². The van der Waals surface area contributed by atoms with Gasteiger partial charge in [-0.15, -0.1) is 0 Å². The Morgan fingerprint density at radius 3 is 2.36 bits per heavy atom. The van der Waals surface area contributed by atoms with Gasteiger partial charge in [0.1, 0.15) is 0 Å². The van der Waals surface area contributed by atoms with E-state index in [4.69, 9.17) is 5.73 Å². The van der Waals surface area contributed by atoms with E-state index in [1.54, 1.807) is 13.8 Å². The highest BCUT2D eigenvalue weighted by Gasteiger charge is 2.01. The van der Waals surface area contributed by atoms with E-state index in [9.17, 15) is 4.79 Å². The molecule has 0 aliphatic heterocycles. The summed E-state index contributed by atoms with van der Waals surface area (Å²) < 4.78 is 0. The number of aldehydes is 1. The highest BCUT2D eigenvalue weighted by Crippen LogP contribution is 1.98. The zero-order chi connectivity index (χ0) is 8.85. The molecule has 0 atom stereocenters. The molecule has 0 aliphatic rings. The van der Waals surface area contributed by atoms with Gasteiger partial charge < -0.3 is 5.73 Å². The number of nitrogens with zero attached hydrogens (tertiary/aromatic N) is 1. The Kier molecular flexibility index (Phi) is 4.18. The van der Waals surface area contributed by atoms with E-state index < -0.39 is 0 Å². The second-order valence-corrected chi connectivity index (χ2v) is 2.27. The molecule has 11 heavy (non-hydrogen) atoms. The third-order valence-electron chi connectivity index (χ3n) is 1.33. The van der Waals surface area contributed by atoms with E-state index in [2.05, 4.69) is 4.99 Å². The molecule has 0 aliphatic carbocycles. The van der Waals surface area contributed by atoms with Crippen molar-refractivity contribution < 1.29 is 4.79 Å². The summed E-state index contributed by atoms with van der Waals surface area (Å²) in [6, 6.07) is 0. The van der Waals surface area contributed by atoms with Crippen LogP contribution in [-0.4, -0.2) is 18.5 Å². The Morgan fingerprint density at radius 2 is 2.09 bits per heavy atom. The van der Waals surface area contributed by atoms with Gasteiger partial charge in [0.15, 0.2) is 6.29 Å². The van der Waals surface area contributed by atoms with Crippen LogP contribution in [0.15, 0.2) is 16.3 Å². The third kappa shape index (κ3) is 2.98. The van der Waals surface area contributed by atoms with Gasteiger partial charge in [0.2, 0.25) is 0 Å². The lowest BCUT2D eigenvalue weighted by molar-refractivity contribution is -0.104. The van der Waals surface area contributed by atoms with Gasteiger partial charge in [0, 0.05) is 18.0 Å². The minimum atomic E-state index is 0.506. The van der Waals surface area contributed by atoms with Crippen molar-refractivity contribution in [2.75, 3.05) is 6.54 Å². The van der Waals surface area contributed by atoms with Crippen molar-refractivity contribution in [2.45, 2.75) is 20.8 Å². The van der Waals surface area contributed by atoms with Gasteiger partial charge in [-0.1, -0.05) is 0 Å². The summed E-state index contributed by atoms with van der Waals surface area (Å²) in [7, 11) is 0. The minimum absolute atomic E-state index is 0.506. The first kappa shape index (κ1) is 9.88. The summed E-state index contributed by atoms with van der Waals surface area (Å²) in [6.45, 7) is 6.07. The van der Waals surface area contributed by atoms with Crippen LogP contribution in [0.5, 0.6) is 0 Å². The molecule has 0 amide bonds. The largest absolute Gasteiger partial charge is 0.402 e. The molecule has 0 aromatic rings. The molecule has 0 saturated carbocycles. The van der Waals surface area contributed by atoms with Crippen molar-refractivity contribution in [3.05, 3.63) is 11.3 Å². The fourth-order valence-electron chi connectivity index (χ4n) is 0.786. The van der Waals surface area contributed by atoms with Crippen molar-refractivity contribution in [2.24, 2.45) is 10.7 Å². The normalized spacial score (nSPS) is 14.3. The first-order valence-electron chi connectivity index (χ1n) is 3.56. The lowest BCUT2D eigenvalue weighted by atomic mass is 10.1. The van der Waals surface area contributed by atoms with E-state index >= 15 is 0 Å². The van der Waals surface area contributed by atoms with Gasteiger partial charge in [-0.25, -0.2) is 0 Å². The molecule has 0 unspecified atom stereocenters. The van der Waals surface area contributed by atoms with Crippen molar-refractivity contribution in [3.8, 4) is 0 Å². The van der Waals surface area contributed by atoms with E-state index in [0.717, 1.165) is 6.29 Å². The molecule has 0 bridgehead atoms. The second-order valence-electron chi connectivity index (χ2n) is 2.27. The molecule has 0 saturated heterocycles. The third-order valence-corrected chi connectivity index (χ3v) is 1.33. The number of allylic oxidation sites excluding steroid dienone is 2. The van der Waals surface area contributed by atoms with Crippen LogP contribution < -0.4 is 5.73 Å². The molecular formula is C8H14N2O. The molecular weight excluding hydrogens is 140 g/mol. The summed E-state index contributed by atoms with van der Waals surface area (Å²) in [6.07, 6.45) is 0.740. The van der Waals surface area contributed by atoms with Crippen LogP contribution in [0.4, 0.5) is 0 Å². The Hall–Kier alpha value is -1.12. The molecule has 0 fully saturated rings. The maximum absolute atomic E-state index is 10.4. The first-order valence-corrected chi connectivity index (χ1v) is 3.56. The maximum atomic E-state index is 10.4. The second kappa shape index (κ2) is 4.66. The minimum Gasteiger partial charge on any atom is -0.402 e. The van der Waals surface area contributed by atoms with Crippen LogP contribution in [0.2, 0.25) is 0 Å². The molecule has 0 heterocycles. The van der Waals surface area contributed by atoms with E-state index in [1.165, 1.54) is 0 Å². The number of carbonyl (C=O) groups is 1. The lowest BCUT2D eigenvalue weighted by Gasteiger charge is -2.00. The van der Waals surface area contributed by atoms with Crippen LogP contribution in [0.3, 0.4) is 0 Å². The molecule has 62 valence electrons. The van der Waals surface area contributed by atoms with Gasteiger partial charge in [0.25, 0.3) is 0 Å². The molecule has 0 aromatic heterocycles. The van der Waals surface area contributed by atoms with E-state index in [-0.39, 0.29) is 0 Å². The highest BCUT2D eigenvalue weighted by atomic mass is 16.1. The maximum Gasteiger partial charge on any atom is 0.153 e. The Bertz CT molecular complexity index is 200. The molecule has 0 aromatic carbocycles. The van der Waals surface area contributed by atoms with Crippen LogP contribution in [-0.2, 0) is 4.79 Å². The van der Waals surface area contributed by atoms with Crippen LogP contribution in [0, 0.1) is 0 Å². The van der Waals surface area contributed by atoms with Gasteiger partial charge in [0.05, 0.1) is 5.57 Å². The topological polar surface area (TPSA) is 55.5 Å². The monoisotopic (exact) mass is 154 g/mol. The van der Waals surface area contributed by atoms with E-state index in [0.29, 0.717) is 23.5 Å². The standard InChI is InChI=1S/C8H14N2O/c1-4-10-7(3)8(5-11)6(2)9/h5H,4,9H2,1-3H3. The smallest absolute Gasteiger partial charge is 0.153 e. The Labute approximate surface area is 67.0 Å². The molecule has 2 N–H and O–H groups in total. The Morgan fingerprint density at radius 1 is 1.55 bits per heavy atom. The summed E-state index contributed by atoms with van der Waals surface area (Å²) in [4.78, 5) is 14.5. The molecule has 3 nitrogen and oxygen atoms in total. The van der Waals surface area contributed by atoms with Crippen molar-refractivity contribution >= 4 is 12.0 Å². The number of carbonyl (C=O) groups excluding carboxylic acids is 1. The molecule has 3 heteroatoms. The summed E-state index contributed by atoms with van der Waals surface area (Å²) in [5.41, 5.74) is 7.19. The van der Waals surface area contributed by atoms with Gasteiger partial charge in [-0.2, -0.15) is 0 Å². The number of hydrogen-bond acceptors (Lipinski definition) is 3. The fraction of sp³-hybridized carbons (Fsp3) is 0.500. The summed E-state index contributed by atoms with van der Waals surface area (Å²) in [5.74, 6) is 0. The highest BCUT2D eigenvalue weighted by molar-refractivity contribution is 6.14. The van der Waals surface area contributed by atoms with Gasteiger partial charge >= 0.3 is 0 Å². The van der Waals surface area contributed by atoms with Crippen LogP contribution in [0.25, 0.3) is 0 Å². The van der Waals surface area contributed by atoms with Gasteiger partial charge in [-0.3, -0.25) is 9.79 Å². The van der Waals surface area contributed by atoms with Crippen molar-refractivity contribution in [1.29, 1.82) is 0 Å². The van der Waals surface area contributed by atoms with Gasteiger partial charge in [-0.05, 0) is 20.8 Å². The number of nitrogens with two attached hydrogens (primary N) is 1. The quantitative estimate of drug-likeness (QED) is 0.373. The zero-order valence-electron chi connectivity index (χ0n) is 7.22.